The summed E-state index contributed by atoms with van der Waals surface area (Å²) in [7, 11) is 0. The summed E-state index contributed by atoms with van der Waals surface area (Å²) in [4.78, 5) is 11.6. The van der Waals surface area contributed by atoms with E-state index in [0.717, 1.165) is 19.4 Å². The highest BCUT2D eigenvalue weighted by Gasteiger charge is 2.25. The molecule has 4 heteroatoms. The molecule has 84 valence electrons. The number of likely N-dealkylation sites (N-methyl/N-ethyl adjacent to an activating group) is 1. The Morgan fingerprint density at radius 3 is 2.50 bits per heavy atom. The molecule has 0 heterocycles. The first-order valence-corrected chi connectivity index (χ1v) is 5.18. The van der Waals surface area contributed by atoms with E-state index in [2.05, 4.69) is 10.6 Å². The van der Waals surface area contributed by atoms with Crippen LogP contribution in [0.2, 0.25) is 0 Å². The number of hydrogen-bond donors (Lipinski definition) is 3. The molecule has 14 heavy (non-hydrogen) atoms. The van der Waals surface area contributed by atoms with Gasteiger partial charge in [0.2, 0.25) is 5.91 Å². The molecule has 0 aliphatic rings. The SMILES string of the molecule is CCNC(C)(C)C(=O)NCCCCO. The van der Waals surface area contributed by atoms with Crippen LogP contribution < -0.4 is 10.6 Å². The maximum atomic E-state index is 11.6. The van der Waals surface area contributed by atoms with Crippen LogP contribution in [0.4, 0.5) is 0 Å². The second-order valence-corrected chi connectivity index (χ2v) is 3.84. The van der Waals surface area contributed by atoms with Crippen molar-refractivity contribution >= 4 is 5.91 Å². The van der Waals surface area contributed by atoms with E-state index in [0.29, 0.717) is 6.54 Å². The van der Waals surface area contributed by atoms with E-state index < -0.39 is 5.54 Å². The Kier molecular flexibility index (Phi) is 6.49. The number of amides is 1. The van der Waals surface area contributed by atoms with Crippen LogP contribution in [-0.2, 0) is 4.79 Å². The molecule has 0 rings (SSSR count). The Morgan fingerprint density at radius 2 is 2.00 bits per heavy atom. The van der Waals surface area contributed by atoms with Crippen LogP contribution in [0, 0.1) is 0 Å². The third-order valence-corrected chi connectivity index (χ3v) is 2.06. The summed E-state index contributed by atoms with van der Waals surface area (Å²) in [6.07, 6.45) is 1.56. The zero-order valence-electron chi connectivity index (χ0n) is 9.39. The number of carbonyl (C=O) groups excluding carboxylic acids is 1. The molecule has 0 saturated heterocycles. The largest absolute Gasteiger partial charge is 0.396 e. The average Bonchev–Trinajstić information content (AvgIpc) is 2.12. The van der Waals surface area contributed by atoms with Gasteiger partial charge in [-0.2, -0.15) is 0 Å². The quantitative estimate of drug-likeness (QED) is 0.519. The van der Waals surface area contributed by atoms with Crippen LogP contribution in [0.3, 0.4) is 0 Å². The maximum Gasteiger partial charge on any atom is 0.239 e. The van der Waals surface area contributed by atoms with Crippen LogP contribution in [0.15, 0.2) is 0 Å². The Hall–Kier alpha value is -0.610. The van der Waals surface area contributed by atoms with E-state index in [1.165, 1.54) is 0 Å². The first kappa shape index (κ1) is 13.4. The molecule has 1 amide bonds. The molecule has 0 unspecified atom stereocenters. The number of nitrogens with one attached hydrogen (secondary N) is 2. The number of aliphatic hydroxyl groups excluding tert-OH is 1. The van der Waals surface area contributed by atoms with E-state index in [-0.39, 0.29) is 12.5 Å². The van der Waals surface area contributed by atoms with Gasteiger partial charge < -0.3 is 15.7 Å². The van der Waals surface area contributed by atoms with Gasteiger partial charge >= 0.3 is 0 Å². The second kappa shape index (κ2) is 6.79. The van der Waals surface area contributed by atoms with Gasteiger partial charge in [0.1, 0.15) is 0 Å². The second-order valence-electron chi connectivity index (χ2n) is 3.84. The predicted octanol–water partition coefficient (Wildman–Crippen LogP) is 0.263. The van der Waals surface area contributed by atoms with Crippen molar-refractivity contribution in [3.63, 3.8) is 0 Å². The fourth-order valence-corrected chi connectivity index (χ4v) is 1.18. The minimum absolute atomic E-state index is 0.0114. The van der Waals surface area contributed by atoms with Crippen molar-refractivity contribution in [3.05, 3.63) is 0 Å². The molecule has 3 N–H and O–H groups in total. The van der Waals surface area contributed by atoms with Crippen LogP contribution in [0.1, 0.15) is 33.6 Å². The minimum atomic E-state index is -0.506. The lowest BCUT2D eigenvalue weighted by molar-refractivity contribution is -0.126. The molecule has 0 aromatic heterocycles. The normalized spacial score (nSPS) is 11.4. The molecule has 0 fully saturated rings. The Morgan fingerprint density at radius 1 is 1.36 bits per heavy atom. The van der Waals surface area contributed by atoms with Crippen molar-refractivity contribution in [1.29, 1.82) is 0 Å². The van der Waals surface area contributed by atoms with E-state index in [4.69, 9.17) is 5.11 Å². The van der Waals surface area contributed by atoms with Gasteiger partial charge in [0.25, 0.3) is 0 Å². The van der Waals surface area contributed by atoms with E-state index in [1.54, 1.807) is 0 Å². The molecule has 0 bridgehead atoms. The molecule has 0 atom stereocenters. The fourth-order valence-electron chi connectivity index (χ4n) is 1.18. The zero-order chi connectivity index (χ0) is 11.0. The van der Waals surface area contributed by atoms with Crippen LogP contribution in [0.25, 0.3) is 0 Å². The van der Waals surface area contributed by atoms with Gasteiger partial charge in [-0.05, 0) is 33.2 Å². The lowest BCUT2D eigenvalue weighted by Gasteiger charge is -2.24. The van der Waals surface area contributed by atoms with Crippen molar-refractivity contribution < 1.29 is 9.90 Å². The van der Waals surface area contributed by atoms with E-state index in [9.17, 15) is 4.79 Å². The van der Waals surface area contributed by atoms with Crippen molar-refractivity contribution in [1.82, 2.24) is 10.6 Å². The number of unbranched alkanes of at least 4 members (excludes halogenated alkanes) is 1. The Labute approximate surface area is 86.1 Å². The molecule has 0 radical (unpaired) electrons. The summed E-state index contributed by atoms with van der Waals surface area (Å²) in [6.45, 7) is 7.29. The molecular weight excluding hydrogens is 180 g/mol. The molecule has 0 aliphatic heterocycles. The Bertz CT molecular complexity index is 170. The van der Waals surface area contributed by atoms with Gasteiger partial charge in [-0.3, -0.25) is 4.79 Å². The first-order valence-electron chi connectivity index (χ1n) is 5.18. The molecule has 0 aromatic carbocycles. The smallest absolute Gasteiger partial charge is 0.239 e. The summed E-state index contributed by atoms with van der Waals surface area (Å²) in [5.74, 6) is 0.0114. The van der Waals surface area contributed by atoms with Gasteiger partial charge in [0.05, 0.1) is 5.54 Å². The van der Waals surface area contributed by atoms with Crippen molar-refractivity contribution in [2.24, 2.45) is 0 Å². The standard InChI is InChI=1S/C10H22N2O2/c1-4-12-10(2,3)9(14)11-7-5-6-8-13/h12-13H,4-8H2,1-3H3,(H,11,14). The molecule has 0 aromatic rings. The highest BCUT2D eigenvalue weighted by atomic mass is 16.2. The lowest BCUT2D eigenvalue weighted by Crippen LogP contribution is -2.52. The molecular formula is C10H22N2O2. The van der Waals surface area contributed by atoms with Gasteiger partial charge in [0, 0.05) is 13.2 Å². The molecule has 0 aliphatic carbocycles. The zero-order valence-corrected chi connectivity index (χ0v) is 9.39. The number of hydrogen-bond acceptors (Lipinski definition) is 3. The summed E-state index contributed by atoms with van der Waals surface area (Å²) < 4.78 is 0. The molecule has 0 spiro atoms. The van der Waals surface area contributed by atoms with Crippen LogP contribution >= 0.6 is 0 Å². The highest BCUT2D eigenvalue weighted by molar-refractivity contribution is 5.85. The van der Waals surface area contributed by atoms with Gasteiger partial charge in [0.15, 0.2) is 0 Å². The summed E-state index contributed by atoms with van der Waals surface area (Å²) in [5, 5.41) is 14.5. The fraction of sp³-hybridized carbons (Fsp3) is 0.900. The minimum Gasteiger partial charge on any atom is -0.396 e. The van der Waals surface area contributed by atoms with E-state index in [1.807, 2.05) is 20.8 Å². The lowest BCUT2D eigenvalue weighted by atomic mass is 10.0. The topological polar surface area (TPSA) is 61.4 Å². The summed E-state index contributed by atoms with van der Waals surface area (Å²) in [5.41, 5.74) is -0.506. The Balaban J connectivity index is 3.71. The van der Waals surface area contributed by atoms with Gasteiger partial charge in [-0.15, -0.1) is 0 Å². The number of aliphatic hydroxyl groups is 1. The van der Waals surface area contributed by atoms with Crippen molar-refractivity contribution in [2.75, 3.05) is 19.7 Å². The van der Waals surface area contributed by atoms with Gasteiger partial charge in [-0.25, -0.2) is 0 Å². The van der Waals surface area contributed by atoms with Crippen LogP contribution in [-0.4, -0.2) is 36.2 Å². The number of rotatable bonds is 7. The third kappa shape index (κ3) is 5.19. The van der Waals surface area contributed by atoms with E-state index >= 15 is 0 Å². The van der Waals surface area contributed by atoms with Crippen molar-refractivity contribution in [2.45, 2.75) is 39.2 Å². The molecule has 4 nitrogen and oxygen atoms in total. The van der Waals surface area contributed by atoms with Crippen molar-refractivity contribution in [3.8, 4) is 0 Å². The number of carbonyl (C=O) groups is 1. The maximum absolute atomic E-state index is 11.6. The first-order chi connectivity index (χ1) is 6.54. The van der Waals surface area contributed by atoms with Gasteiger partial charge in [-0.1, -0.05) is 6.92 Å². The predicted molar refractivity (Wildman–Crippen MR) is 57.1 cm³/mol. The van der Waals surface area contributed by atoms with Crippen LogP contribution in [0.5, 0.6) is 0 Å². The monoisotopic (exact) mass is 202 g/mol. The highest BCUT2D eigenvalue weighted by Crippen LogP contribution is 2.01. The summed E-state index contributed by atoms with van der Waals surface area (Å²) in [6, 6.07) is 0. The molecule has 0 saturated carbocycles. The third-order valence-electron chi connectivity index (χ3n) is 2.06. The summed E-state index contributed by atoms with van der Waals surface area (Å²) >= 11 is 0. The average molecular weight is 202 g/mol.